The normalized spacial score (nSPS) is 20.5. The summed E-state index contributed by atoms with van der Waals surface area (Å²) in [6.45, 7) is 12.1. The molecule has 0 saturated carbocycles. The van der Waals surface area contributed by atoms with E-state index < -0.39 is 0 Å². The van der Waals surface area contributed by atoms with Crippen molar-refractivity contribution in [1.29, 1.82) is 0 Å². The molecule has 0 bridgehead atoms. The molecule has 0 aromatic carbocycles. The second-order valence-electron chi connectivity index (χ2n) is 3.45. The number of amides is 1. The molecule has 2 nitrogen and oxygen atoms in total. The molecule has 1 rings (SSSR count). The maximum Gasteiger partial charge on any atom is 0.254 e. The van der Waals surface area contributed by atoms with Gasteiger partial charge in [0.15, 0.2) is 0 Å². The van der Waals surface area contributed by atoms with Gasteiger partial charge in [-0.2, -0.15) is 0 Å². The van der Waals surface area contributed by atoms with Crippen molar-refractivity contribution in [3.63, 3.8) is 0 Å². The lowest BCUT2D eigenvalue weighted by atomic mass is 10.1. The first-order chi connectivity index (χ1) is 6.07. The highest BCUT2D eigenvalue weighted by atomic mass is 16.2. The first-order valence-electron chi connectivity index (χ1n) is 4.39. The Balaban J connectivity index is 2.94. The number of carbonyl (C=O) groups is 1. The molecule has 2 heteroatoms. The zero-order valence-electron chi connectivity index (χ0n) is 8.21. The maximum atomic E-state index is 11.7. The topological polar surface area (TPSA) is 20.3 Å². The molecule has 1 aliphatic rings. The van der Waals surface area contributed by atoms with E-state index in [9.17, 15) is 4.79 Å². The van der Waals surface area contributed by atoms with Crippen LogP contribution in [0.2, 0.25) is 0 Å². The van der Waals surface area contributed by atoms with Crippen LogP contribution >= 0.6 is 0 Å². The Hall–Kier alpha value is -1.31. The molecule has 0 radical (unpaired) electrons. The molecular weight excluding hydrogens is 162 g/mol. The number of allylic oxidation sites excluding steroid dienone is 2. The van der Waals surface area contributed by atoms with Crippen LogP contribution in [0, 0.1) is 0 Å². The van der Waals surface area contributed by atoms with Crippen molar-refractivity contribution in [2.45, 2.75) is 19.9 Å². The molecule has 13 heavy (non-hydrogen) atoms. The second kappa shape index (κ2) is 3.60. The van der Waals surface area contributed by atoms with Gasteiger partial charge in [-0.15, -0.1) is 0 Å². The van der Waals surface area contributed by atoms with Gasteiger partial charge in [-0.1, -0.05) is 19.2 Å². The maximum absolute atomic E-state index is 11.7. The summed E-state index contributed by atoms with van der Waals surface area (Å²) in [7, 11) is 0. The third-order valence-corrected chi connectivity index (χ3v) is 2.14. The van der Waals surface area contributed by atoms with E-state index in [2.05, 4.69) is 13.2 Å². The molecule has 1 fully saturated rings. The summed E-state index contributed by atoms with van der Waals surface area (Å²) in [4.78, 5) is 13.5. The minimum Gasteiger partial charge on any atom is -0.332 e. The van der Waals surface area contributed by atoms with Crippen molar-refractivity contribution in [3.8, 4) is 0 Å². The minimum absolute atomic E-state index is 0.0694. The monoisotopic (exact) mass is 177 g/mol. The van der Waals surface area contributed by atoms with Crippen LogP contribution in [0.4, 0.5) is 0 Å². The average molecular weight is 177 g/mol. The molecule has 0 atom stereocenters. The summed E-state index contributed by atoms with van der Waals surface area (Å²) < 4.78 is 0. The van der Waals surface area contributed by atoms with Gasteiger partial charge in [-0.05, 0) is 25.5 Å². The third kappa shape index (κ3) is 1.72. The first kappa shape index (κ1) is 9.78. The summed E-state index contributed by atoms with van der Waals surface area (Å²) in [6.07, 6.45) is 3.36. The highest BCUT2D eigenvalue weighted by Gasteiger charge is 2.29. The van der Waals surface area contributed by atoms with Crippen molar-refractivity contribution < 1.29 is 4.79 Å². The largest absolute Gasteiger partial charge is 0.332 e. The van der Waals surface area contributed by atoms with Crippen molar-refractivity contribution in [1.82, 2.24) is 4.90 Å². The van der Waals surface area contributed by atoms with E-state index in [0.717, 1.165) is 5.57 Å². The fourth-order valence-electron chi connectivity index (χ4n) is 1.39. The SMILES string of the molecule is C=C/C=C1\C(=C)CN(C(C)C)C1=O. The Kier molecular flexibility index (Phi) is 2.71. The Labute approximate surface area is 79.2 Å². The van der Waals surface area contributed by atoms with Gasteiger partial charge in [-0.25, -0.2) is 0 Å². The Morgan fingerprint density at radius 3 is 2.54 bits per heavy atom. The van der Waals surface area contributed by atoms with Crippen LogP contribution in [0.25, 0.3) is 0 Å². The van der Waals surface area contributed by atoms with E-state index in [1.54, 1.807) is 17.1 Å². The number of likely N-dealkylation sites (tertiary alicyclic amines) is 1. The first-order valence-corrected chi connectivity index (χ1v) is 4.39. The highest BCUT2D eigenvalue weighted by molar-refractivity contribution is 6.01. The van der Waals surface area contributed by atoms with Crippen LogP contribution in [0.1, 0.15) is 13.8 Å². The van der Waals surface area contributed by atoms with E-state index in [-0.39, 0.29) is 11.9 Å². The number of rotatable bonds is 2. The molecule has 0 N–H and O–H groups in total. The Morgan fingerprint density at radius 1 is 1.54 bits per heavy atom. The molecule has 1 heterocycles. The Bertz CT molecular complexity index is 286. The van der Waals surface area contributed by atoms with E-state index >= 15 is 0 Å². The summed E-state index contributed by atoms with van der Waals surface area (Å²) in [5.41, 5.74) is 1.59. The van der Waals surface area contributed by atoms with Gasteiger partial charge in [0.05, 0.1) is 0 Å². The second-order valence-corrected chi connectivity index (χ2v) is 3.45. The zero-order valence-corrected chi connectivity index (χ0v) is 8.21. The quantitative estimate of drug-likeness (QED) is 0.590. The van der Waals surface area contributed by atoms with Gasteiger partial charge in [-0.3, -0.25) is 4.79 Å². The predicted octanol–water partition coefficient (Wildman–Crippen LogP) is 1.91. The number of hydrogen-bond acceptors (Lipinski definition) is 1. The lowest BCUT2D eigenvalue weighted by Crippen LogP contribution is -2.31. The summed E-state index contributed by atoms with van der Waals surface area (Å²) >= 11 is 0. The van der Waals surface area contributed by atoms with Gasteiger partial charge in [0, 0.05) is 18.2 Å². The van der Waals surface area contributed by atoms with E-state index in [1.807, 2.05) is 13.8 Å². The third-order valence-electron chi connectivity index (χ3n) is 2.14. The van der Waals surface area contributed by atoms with Crippen molar-refractivity contribution in [3.05, 3.63) is 36.5 Å². The van der Waals surface area contributed by atoms with Gasteiger partial charge in [0.25, 0.3) is 5.91 Å². The molecule has 1 amide bonds. The van der Waals surface area contributed by atoms with Crippen LogP contribution in [0.15, 0.2) is 36.5 Å². The average Bonchev–Trinajstić information content (AvgIpc) is 2.32. The van der Waals surface area contributed by atoms with E-state index in [4.69, 9.17) is 0 Å². The van der Waals surface area contributed by atoms with E-state index in [0.29, 0.717) is 12.1 Å². The van der Waals surface area contributed by atoms with Crippen molar-refractivity contribution in [2.75, 3.05) is 6.54 Å². The molecule has 0 aromatic rings. The fourth-order valence-corrected chi connectivity index (χ4v) is 1.39. The summed E-state index contributed by atoms with van der Waals surface area (Å²) in [5.74, 6) is 0.0694. The molecule has 0 unspecified atom stereocenters. The van der Waals surface area contributed by atoms with E-state index in [1.165, 1.54) is 0 Å². The Morgan fingerprint density at radius 2 is 2.15 bits per heavy atom. The number of hydrogen-bond donors (Lipinski definition) is 0. The fraction of sp³-hybridized carbons (Fsp3) is 0.364. The molecule has 0 aromatic heterocycles. The van der Waals surface area contributed by atoms with Crippen LogP contribution < -0.4 is 0 Å². The minimum atomic E-state index is 0.0694. The summed E-state index contributed by atoms with van der Waals surface area (Å²) in [5, 5.41) is 0. The van der Waals surface area contributed by atoms with Crippen LogP contribution in [-0.2, 0) is 4.79 Å². The van der Waals surface area contributed by atoms with Gasteiger partial charge >= 0.3 is 0 Å². The number of nitrogens with zero attached hydrogens (tertiary/aromatic N) is 1. The lowest BCUT2D eigenvalue weighted by molar-refractivity contribution is -0.126. The number of carbonyl (C=O) groups excluding carboxylic acids is 1. The summed E-state index contributed by atoms with van der Waals surface area (Å²) in [6, 6.07) is 0.236. The standard InChI is InChI=1S/C11H15NO/c1-5-6-10-9(4)7-12(8(2)3)11(10)13/h5-6,8H,1,4,7H2,2-3H3/b10-6+. The molecular formula is C11H15NO. The molecule has 70 valence electrons. The highest BCUT2D eigenvalue weighted by Crippen LogP contribution is 2.23. The van der Waals surface area contributed by atoms with Crippen LogP contribution in [0.5, 0.6) is 0 Å². The van der Waals surface area contributed by atoms with Gasteiger partial charge in [0.1, 0.15) is 0 Å². The van der Waals surface area contributed by atoms with Gasteiger partial charge < -0.3 is 4.90 Å². The predicted molar refractivity (Wildman–Crippen MR) is 54.3 cm³/mol. The lowest BCUT2D eigenvalue weighted by Gasteiger charge is -2.19. The molecule has 0 spiro atoms. The van der Waals surface area contributed by atoms with Crippen LogP contribution in [-0.4, -0.2) is 23.4 Å². The smallest absolute Gasteiger partial charge is 0.254 e. The molecule has 0 aliphatic carbocycles. The molecule has 1 saturated heterocycles. The van der Waals surface area contributed by atoms with Crippen LogP contribution in [0.3, 0.4) is 0 Å². The van der Waals surface area contributed by atoms with Gasteiger partial charge in [0.2, 0.25) is 0 Å². The molecule has 1 aliphatic heterocycles. The zero-order chi connectivity index (χ0) is 10.0. The van der Waals surface area contributed by atoms with Crippen molar-refractivity contribution in [2.24, 2.45) is 0 Å². The van der Waals surface area contributed by atoms with Crippen molar-refractivity contribution >= 4 is 5.91 Å².